The van der Waals surface area contributed by atoms with Gasteiger partial charge in [0.15, 0.2) is 5.96 Å². The minimum atomic E-state index is -0.0987. The highest BCUT2D eigenvalue weighted by Crippen LogP contribution is 2.19. The molecule has 1 aromatic rings. The zero-order chi connectivity index (χ0) is 16.1. The van der Waals surface area contributed by atoms with Crippen molar-refractivity contribution in [3.8, 4) is 0 Å². The summed E-state index contributed by atoms with van der Waals surface area (Å²) in [4.78, 5) is 23.8. The lowest BCUT2D eigenvalue weighted by atomic mass is 9.97. The van der Waals surface area contributed by atoms with Gasteiger partial charge >= 0.3 is 5.97 Å². The Hall–Kier alpha value is -0.900. The Morgan fingerprint density at radius 1 is 1.43 bits per heavy atom. The first kappa shape index (κ1) is 20.1. The van der Waals surface area contributed by atoms with E-state index in [1.807, 2.05) is 13.8 Å². The van der Waals surface area contributed by atoms with Crippen LogP contribution in [0, 0.1) is 19.8 Å². The van der Waals surface area contributed by atoms with E-state index in [4.69, 9.17) is 4.74 Å². The molecule has 2 heterocycles. The molecule has 1 saturated heterocycles. The van der Waals surface area contributed by atoms with Crippen molar-refractivity contribution in [3.63, 3.8) is 0 Å². The van der Waals surface area contributed by atoms with Crippen LogP contribution in [0.5, 0.6) is 0 Å². The topological polar surface area (TPSA) is 66.8 Å². The van der Waals surface area contributed by atoms with Crippen molar-refractivity contribution in [2.24, 2.45) is 10.9 Å². The van der Waals surface area contributed by atoms with Crippen LogP contribution in [-0.4, -0.2) is 49.1 Å². The van der Waals surface area contributed by atoms with E-state index in [1.54, 1.807) is 18.4 Å². The fourth-order valence-electron chi connectivity index (χ4n) is 2.72. The number of carbonyl (C=O) groups excluding carboxylic acids is 1. The predicted octanol–water partition coefficient (Wildman–Crippen LogP) is 2.34. The van der Waals surface area contributed by atoms with E-state index < -0.39 is 0 Å². The van der Waals surface area contributed by atoms with E-state index in [0.29, 0.717) is 0 Å². The Balaban J connectivity index is 0.00000264. The van der Waals surface area contributed by atoms with E-state index in [2.05, 4.69) is 20.2 Å². The number of nitrogens with one attached hydrogen (secondary N) is 1. The van der Waals surface area contributed by atoms with Crippen molar-refractivity contribution in [2.45, 2.75) is 33.2 Å². The summed E-state index contributed by atoms with van der Waals surface area (Å²) in [6, 6.07) is 0. The highest BCUT2D eigenvalue weighted by atomic mass is 127. The summed E-state index contributed by atoms with van der Waals surface area (Å²) >= 11 is 1.71. The van der Waals surface area contributed by atoms with Crippen molar-refractivity contribution in [1.82, 2.24) is 15.2 Å². The molecule has 0 bridgehead atoms. The molecule has 8 heteroatoms. The number of piperidine rings is 1. The van der Waals surface area contributed by atoms with Crippen LogP contribution in [0.15, 0.2) is 4.99 Å². The highest BCUT2D eigenvalue weighted by Gasteiger charge is 2.26. The molecule has 0 aromatic carbocycles. The van der Waals surface area contributed by atoms with E-state index in [1.165, 1.54) is 12.0 Å². The third kappa shape index (κ3) is 5.30. The van der Waals surface area contributed by atoms with Crippen LogP contribution in [0.3, 0.4) is 0 Å². The molecule has 1 aliphatic rings. The maximum Gasteiger partial charge on any atom is 0.308 e. The quantitative estimate of drug-likeness (QED) is 0.330. The third-order valence-corrected chi connectivity index (χ3v) is 5.02. The lowest BCUT2D eigenvalue weighted by Gasteiger charge is -2.33. The third-order valence-electron chi connectivity index (χ3n) is 3.95. The number of aryl methyl sites for hydroxylation is 2. The number of methoxy groups -OCH3 is 1. The number of ether oxygens (including phenoxy) is 1. The largest absolute Gasteiger partial charge is 0.469 e. The van der Waals surface area contributed by atoms with Crippen LogP contribution >= 0.6 is 35.3 Å². The number of rotatable bonds is 3. The van der Waals surface area contributed by atoms with Gasteiger partial charge in [-0.05, 0) is 26.7 Å². The van der Waals surface area contributed by atoms with Gasteiger partial charge in [-0.15, -0.1) is 35.3 Å². The summed E-state index contributed by atoms with van der Waals surface area (Å²) in [6.07, 6.45) is 1.62. The molecule has 1 aliphatic heterocycles. The number of hydrogen-bond donors (Lipinski definition) is 1. The molecule has 23 heavy (non-hydrogen) atoms. The van der Waals surface area contributed by atoms with Crippen molar-refractivity contribution in [1.29, 1.82) is 0 Å². The van der Waals surface area contributed by atoms with Crippen LogP contribution in [0.4, 0.5) is 0 Å². The van der Waals surface area contributed by atoms with Crippen molar-refractivity contribution in [3.05, 3.63) is 15.6 Å². The van der Waals surface area contributed by atoms with Crippen molar-refractivity contribution >= 4 is 47.2 Å². The molecule has 0 aliphatic carbocycles. The van der Waals surface area contributed by atoms with E-state index in [0.717, 1.165) is 49.1 Å². The molecule has 0 saturated carbocycles. The molecule has 2 rings (SSSR count). The minimum Gasteiger partial charge on any atom is -0.469 e. The Bertz CT molecular complexity index is 554. The van der Waals surface area contributed by atoms with Crippen LogP contribution in [0.25, 0.3) is 0 Å². The van der Waals surface area contributed by atoms with Gasteiger partial charge in [0.2, 0.25) is 0 Å². The SMILES string of the molecule is CN=C(NCc1sc(C)nc1C)N1CCC(C(=O)OC)CC1.I. The first-order valence-electron chi connectivity index (χ1n) is 7.51. The molecule has 130 valence electrons. The number of aromatic nitrogens is 1. The molecule has 0 radical (unpaired) electrons. The Morgan fingerprint density at radius 3 is 2.57 bits per heavy atom. The second kappa shape index (κ2) is 9.41. The molecular formula is C15H25IN4O2S. The summed E-state index contributed by atoms with van der Waals surface area (Å²) in [7, 11) is 3.24. The summed E-state index contributed by atoms with van der Waals surface area (Å²) in [6.45, 7) is 6.43. The number of carbonyl (C=O) groups is 1. The summed E-state index contributed by atoms with van der Waals surface area (Å²) in [5.74, 6) is 0.804. The predicted molar refractivity (Wildman–Crippen MR) is 104 cm³/mol. The zero-order valence-electron chi connectivity index (χ0n) is 14.1. The number of likely N-dealkylation sites (tertiary alicyclic amines) is 1. The molecular weight excluding hydrogens is 427 g/mol. The lowest BCUT2D eigenvalue weighted by Crippen LogP contribution is -2.46. The highest BCUT2D eigenvalue weighted by molar-refractivity contribution is 14.0. The molecule has 0 spiro atoms. The standard InChI is InChI=1S/C15H24N4O2S.HI/c1-10-13(22-11(2)18-10)9-17-15(16-3)19-7-5-12(6-8-19)14(20)21-4;/h12H,5-9H2,1-4H3,(H,16,17);1H. The molecule has 1 fully saturated rings. The van der Waals surface area contributed by atoms with Crippen LogP contribution in [0.1, 0.15) is 28.4 Å². The maximum atomic E-state index is 11.6. The Kier molecular flexibility index (Phi) is 8.24. The number of aliphatic imine (C=N–C) groups is 1. The monoisotopic (exact) mass is 452 g/mol. The Labute approximate surface area is 158 Å². The van der Waals surface area contributed by atoms with Gasteiger partial charge in [-0.3, -0.25) is 9.79 Å². The number of nitrogens with zero attached hydrogens (tertiary/aromatic N) is 3. The number of guanidine groups is 1. The zero-order valence-corrected chi connectivity index (χ0v) is 17.2. The van der Waals surface area contributed by atoms with Crippen molar-refractivity contribution in [2.75, 3.05) is 27.2 Å². The van der Waals surface area contributed by atoms with E-state index in [9.17, 15) is 4.79 Å². The fourth-order valence-corrected chi connectivity index (χ4v) is 3.60. The second-order valence-corrected chi connectivity index (χ2v) is 6.71. The van der Waals surface area contributed by atoms with Gasteiger partial charge < -0.3 is 15.0 Å². The summed E-state index contributed by atoms with van der Waals surface area (Å²) in [5.41, 5.74) is 1.08. The smallest absolute Gasteiger partial charge is 0.308 e. The fraction of sp³-hybridized carbons (Fsp3) is 0.667. The average molecular weight is 452 g/mol. The number of hydrogen-bond acceptors (Lipinski definition) is 5. The first-order chi connectivity index (χ1) is 10.5. The molecule has 0 amide bonds. The lowest BCUT2D eigenvalue weighted by molar-refractivity contribution is -0.146. The van der Waals surface area contributed by atoms with Gasteiger partial charge in [-0.2, -0.15) is 0 Å². The molecule has 0 unspecified atom stereocenters. The normalized spacial score (nSPS) is 16.0. The van der Waals surface area contributed by atoms with Gasteiger partial charge in [-0.1, -0.05) is 0 Å². The molecule has 0 atom stereocenters. The van der Waals surface area contributed by atoms with Gasteiger partial charge in [-0.25, -0.2) is 4.98 Å². The molecule has 6 nitrogen and oxygen atoms in total. The second-order valence-electron chi connectivity index (χ2n) is 5.43. The molecule has 1 aromatic heterocycles. The van der Waals surface area contributed by atoms with Gasteiger partial charge in [0.05, 0.1) is 30.3 Å². The van der Waals surface area contributed by atoms with Crippen LogP contribution in [-0.2, 0) is 16.1 Å². The van der Waals surface area contributed by atoms with E-state index in [-0.39, 0.29) is 35.9 Å². The Morgan fingerprint density at radius 2 is 2.09 bits per heavy atom. The van der Waals surface area contributed by atoms with E-state index >= 15 is 0 Å². The van der Waals surface area contributed by atoms with Crippen LogP contribution < -0.4 is 5.32 Å². The molecule has 1 N–H and O–H groups in total. The van der Waals surface area contributed by atoms with Gasteiger partial charge in [0.25, 0.3) is 0 Å². The van der Waals surface area contributed by atoms with Crippen molar-refractivity contribution < 1.29 is 9.53 Å². The minimum absolute atomic E-state index is 0. The first-order valence-corrected chi connectivity index (χ1v) is 8.33. The average Bonchev–Trinajstić information content (AvgIpc) is 2.85. The summed E-state index contributed by atoms with van der Waals surface area (Å²) < 4.78 is 4.82. The summed E-state index contributed by atoms with van der Waals surface area (Å²) in [5, 5.41) is 4.48. The maximum absolute atomic E-state index is 11.6. The van der Waals surface area contributed by atoms with Gasteiger partial charge in [0.1, 0.15) is 0 Å². The number of esters is 1. The number of halogens is 1. The van der Waals surface area contributed by atoms with Gasteiger partial charge in [0, 0.05) is 25.0 Å². The number of thiazole rings is 1. The van der Waals surface area contributed by atoms with Crippen LogP contribution in [0.2, 0.25) is 0 Å².